The van der Waals surface area contributed by atoms with Crippen molar-refractivity contribution in [3.05, 3.63) is 29.2 Å². The Morgan fingerprint density at radius 2 is 2.05 bits per heavy atom. The van der Waals surface area contributed by atoms with Crippen molar-refractivity contribution in [2.75, 3.05) is 6.61 Å². The second kappa shape index (κ2) is 7.11. The van der Waals surface area contributed by atoms with E-state index in [9.17, 15) is 18.1 Å². The van der Waals surface area contributed by atoms with Gasteiger partial charge < -0.3 is 4.74 Å². The highest BCUT2D eigenvalue weighted by Gasteiger charge is 2.22. The molecule has 0 aliphatic heterocycles. The largest absolute Gasteiger partial charge is 0.461 e. The average Bonchev–Trinajstić information content (AvgIpc) is 2.48. The first-order chi connectivity index (χ1) is 9.96. The minimum Gasteiger partial charge on any atom is -0.461 e. The Bertz CT molecular complexity index is 720. The van der Waals surface area contributed by atoms with E-state index < -0.39 is 26.7 Å². The first kappa shape index (κ1) is 16.3. The minimum atomic E-state index is -4.50. The standard InChI is InChI=1S/C11H9N3O6S/c1-2-19-11(15)9(7-12)14-20-21(17,18)10-6-4-3-5-8(10)13-16/h3-6H,2H2,1H3/b14-9-. The number of carbonyl (C=O) groups excluding carboxylic acids is 1. The van der Waals surface area contributed by atoms with Crippen LogP contribution in [0.3, 0.4) is 0 Å². The van der Waals surface area contributed by atoms with Crippen LogP contribution in [-0.4, -0.2) is 26.7 Å². The maximum Gasteiger partial charge on any atom is 0.371 e. The van der Waals surface area contributed by atoms with Crippen LogP contribution in [0.5, 0.6) is 0 Å². The van der Waals surface area contributed by atoms with Crippen molar-refractivity contribution in [1.82, 2.24) is 0 Å². The number of rotatable bonds is 6. The lowest BCUT2D eigenvalue weighted by Crippen LogP contribution is -2.17. The van der Waals surface area contributed by atoms with Crippen molar-refractivity contribution in [3.8, 4) is 6.07 Å². The second-order valence-corrected chi connectivity index (χ2v) is 4.86. The van der Waals surface area contributed by atoms with E-state index in [4.69, 9.17) is 5.26 Å². The van der Waals surface area contributed by atoms with Crippen molar-refractivity contribution in [3.63, 3.8) is 0 Å². The molecule has 0 radical (unpaired) electrons. The van der Waals surface area contributed by atoms with Gasteiger partial charge in [0.1, 0.15) is 16.7 Å². The van der Waals surface area contributed by atoms with E-state index in [1.807, 2.05) is 0 Å². The molecule has 1 aromatic carbocycles. The molecule has 0 aromatic heterocycles. The zero-order valence-corrected chi connectivity index (χ0v) is 11.5. The van der Waals surface area contributed by atoms with Crippen LogP contribution in [0.25, 0.3) is 0 Å². The summed E-state index contributed by atoms with van der Waals surface area (Å²) in [5, 5.41) is 14.1. The highest BCUT2D eigenvalue weighted by Crippen LogP contribution is 2.25. The number of nitrogens with zero attached hydrogens (tertiary/aromatic N) is 3. The molecule has 0 aliphatic rings. The average molecular weight is 311 g/mol. The molecule has 0 spiro atoms. The molecule has 0 saturated carbocycles. The number of oxime groups is 1. The van der Waals surface area contributed by atoms with Gasteiger partial charge in [0, 0.05) is 0 Å². The topological polar surface area (TPSA) is 135 Å². The first-order valence-corrected chi connectivity index (χ1v) is 6.88. The molecule has 10 heteroatoms. The zero-order valence-electron chi connectivity index (χ0n) is 10.7. The Morgan fingerprint density at radius 1 is 1.38 bits per heavy atom. The SMILES string of the molecule is CCOC(=O)/C(C#N)=N\OS(=O)(=O)c1ccccc1N=O. The fraction of sp³-hybridized carbons (Fsp3) is 0.182. The van der Waals surface area contributed by atoms with E-state index in [-0.39, 0.29) is 12.3 Å². The minimum absolute atomic E-state index is 0.0236. The molecule has 0 saturated heterocycles. The van der Waals surface area contributed by atoms with Crippen LogP contribution in [0.2, 0.25) is 0 Å². The lowest BCUT2D eigenvalue weighted by Gasteiger charge is -2.03. The highest BCUT2D eigenvalue weighted by molar-refractivity contribution is 7.86. The molecule has 0 fully saturated rings. The third-order valence-electron chi connectivity index (χ3n) is 2.03. The lowest BCUT2D eigenvalue weighted by atomic mass is 10.3. The maximum absolute atomic E-state index is 11.8. The predicted octanol–water partition coefficient (Wildman–Crippen LogP) is 1.23. The van der Waals surface area contributed by atoms with E-state index in [1.54, 1.807) is 0 Å². The summed E-state index contributed by atoms with van der Waals surface area (Å²) in [5.41, 5.74) is -1.26. The van der Waals surface area contributed by atoms with Gasteiger partial charge in [-0.05, 0) is 29.4 Å². The lowest BCUT2D eigenvalue weighted by molar-refractivity contribution is -0.135. The molecule has 21 heavy (non-hydrogen) atoms. The van der Waals surface area contributed by atoms with Crippen molar-refractivity contribution in [2.24, 2.45) is 10.3 Å². The van der Waals surface area contributed by atoms with E-state index in [1.165, 1.54) is 25.1 Å². The fourth-order valence-electron chi connectivity index (χ4n) is 1.17. The maximum atomic E-state index is 11.8. The second-order valence-electron chi connectivity index (χ2n) is 3.36. The van der Waals surface area contributed by atoms with Crippen molar-refractivity contribution < 1.29 is 22.2 Å². The Morgan fingerprint density at radius 3 is 2.62 bits per heavy atom. The predicted molar refractivity (Wildman–Crippen MR) is 69.8 cm³/mol. The molecule has 0 atom stereocenters. The number of ether oxygens (including phenoxy) is 1. The molecular weight excluding hydrogens is 302 g/mol. The Kier molecular flexibility index (Phi) is 5.50. The Balaban J connectivity index is 3.08. The van der Waals surface area contributed by atoms with Gasteiger partial charge in [0.2, 0.25) is 0 Å². The molecule has 0 heterocycles. The quantitative estimate of drug-likeness (QED) is 0.333. The summed E-state index contributed by atoms with van der Waals surface area (Å²) < 4.78 is 32.3. The molecule has 1 rings (SSSR count). The number of hydrogen-bond acceptors (Lipinski definition) is 9. The summed E-state index contributed by atoms with van der Waals surface area (Å²) in [5.74, 6) is -1.13. The van der Waals surface area contributed by atoms with Crippen LogP contribution >= 0.6 is 0 Å². The summed E-state index contributed by atoms with van der Waals surface area (Å²) in [7, 11) is -4.50. The molecule has 0 unspecified atom stereocenters. The number of carbonyl (C=O) groups is 1. The number of benzene rings is 1. The summed E-state index contributed by atoms with van der Waals surface area (Å²) >= 11 is 0. The van der Waals surface area contributed by atoms with Gasteiger partial charge in [-0.1, -0.05) is 12.1 Å². The van der Waals surface area contributed by atoms with Crippen molar-refractivity contribution in [1.29, 1.82) is 5.26 Å². The number of nitriles is 1. The van der Waals surface area contributed by atoms with Crippen LogP contribution in [0.15, 0.2) is 39.5 Å². The Hall–Kier alpha value is -2.80. The van der Waals surface area contributed by atoms with Crippen LogP contribution in [0.1, 0.15) is 6.92 Å². The van der Waals surface area contributed by atoms with Gasteiger partial charge in [-0.3, -0.25) is 4.28 Å². The van der Waals surface area contributed by atoms with Crippen molar-refractivity contribution in [2.45, 2.75) is 11.8 Å². The van der Waals surface area contributed by atoms with Gasteiger partial charge in [0.25, 0.3) is 5.71 Å². The molecular formula is C11H9N3O6S. The monoisotopic (exact) mass is 311 g/mol. The normalized spacial score (nSPS) is 11.3. The van der Waals surface area contributed by atoms with Gasteiger partial charge in [-0.2, -0.15) is 13.7 Å². The first-order valence-electron chi connectivity index (χ1n) is 5.47. The van der Waals surface area contributed by atoms with Crippen LogP contribution in [-0.2, 0) is 23.9 Å². The van der Waals surface area contributed by atoms with Gasteiger partial charge in [-0.15, -0.1) is 4.91 Å². The molecule has 0 amide bonds. The highest BCUT2D eigenvalue weighted by atomic mass is 32.2. The van der Waals surface area contributed by atoms with Crippen LogP contribution < -0.4 is 0 Å². The zero-order chi connectivity index (χ0) is 15.9. The number of nitroso groups, excluding NO2 is 1. The molecule has 9 nitrogen and oxygen atoms in total. The smallest absolute Gasteiger partial charge is 0.371 e. The van der Waals surface area contributed by atoms with E-state index >= 15 is 0 Å². The van der Waals surface area contributed by atoms with E-state index in [0.717, 1.165) is 12.1 Å². The summed E-state index contributed by atoms with van der Waals surface area (Å²) in [6, 6.07) is 6.30. The molecule has 0 N–H and O–H groups in total. The summed E-state index contributed by atoms with van der Waals surface area (Å²) in [6.07, 6.45) is 0. The molecule has 1 aromatic rings. The number of esters is 1. The van der Waals surface area contributed by atoms with Gasteiger partial charge in [-0.25, -0.2) is 4.79 Å². The summed E-state index contributed by atoms with van der Waals surface area (Å²) in [6.45, 7) is 1.47. The van der Waals surface area contributed by atoms with Crippen molar-refractivity contribution >= 4 is 27.5 Å². The van der Waals surface area contributed by atoms with E-state index in [2.05, 4.69) is 19.4 Å². The summed E-state index contributed by atoms with van der Waals surface area (Å²) in [4.78, 5) is 21.2. The van der Waals surface area contributed by atoms with Crippen LogP contribution in [0, 0.1) is 16.2 Å². The van der Waals surface area contributed by atoms with Gasteiger partial charge in [0.05, 0.1) is 6.61 Å². The molecule has 0 aliphatic carbocycles. The Labute approximate surface area is 119 Å². The third-order valence-corrected chi connectivity index (χ3v) is 3.19. The van der Waals surface area contributed by atoms with Gasteiger partial charge in [0.15, 0.2) is 0 Å². The molecule has 0 bridgehead atoms. The van der Waals surface area contributed by atoms with Gasteiger partial charge >= 0.3 is 16.1 Å². The fourth-order valence-corrected chi connectivity index (χ4v) is 2.03. The third kappa shape index (κ3) is 4.08. The van der Waals surface area contributed by atoms with Crippen LogP contribution in [0.4, 0.5) is 5.69 Å². The van der Waals surface area contributed by atoms with E-state index in [0.29, 0.717) is 0 Å². The molecule has 110 valence electrons. The number of hydrogen-bond donors (Lipinski definition) is 0.